The molecule has 2 aromatic heterocycles. The van der Waals surface area contributed by atoms with Gasteiger partial charge in [0.25, 0.3) is 0 Å². The number of anilines is 1. The van der Waals surface area contributed by atoms with Crippen molar-refractivity contribution in [3.63, 3.8) is 0 Å². The number of amides is 1. The SMILES string of the molecule is CCOCC(=O)NCC1CC(n2cc(-c3cccc(OCc4ccccc4)c3)c3c(N)ncnc32)C1. The molecular formula is C28H31N5O3. The van der Waals surface area contributed by atoms with Crippen LogP contribution >= 0.6 is 0 Å². The number of aromatic nitrogens is 3. The lowest BCUT2D eigenvalue weighted by Gasteiger charge is -2.36. The normalized spacial score (nSPS) is 17.0. The Hall–Kier alpha value is -3.91. The first-order valence-corrected chi connectivity index (χ1v) is 12.3. The van der Waals surface area contributed by atoms with Crippen LogP contribution in [0.1, 0.15) is 31.4 Å². The fourth-order valence-electron chi connectivity index (χ4n) is 4.70. The van der Waals surface area contributed by atoms with Crippen LogP contribution < -0.4 is 15.8 Å². The first-order chi connectivity index (χ1) is 17.6. The summed E-state index contributed by atoms with van der Waals surface area (Å²) in [5.41, 5.74) is 10.3. The number of nitrogen functional groups attached to an aromatic ring is 1. The highest BCUT2D eigenvalue weighted by molar-refractivity contribution is 6.00. The maximum Gasteiger partial charge on any atom is 0.246 e. The summed E-state index contributed by atoms with van der Waals surface area (Å²) in [5.74, 6) is 1.61. The zero-order valence-electron chi connectivity index (χ0n) is 20.4. The number of fused-ring (bicyclic) bond motifs is 1. The average Bonchev–Trinajstić information content (AvgIpc) is 3.27. The van der Waals surface area contributed by atoms with E-state index in [-0.39, 0.29) is 12.5 Å². The van der Waals surface area contributed by atoms with Crippen molar-refractivity contribution in [3.05, 3.63) is 72.7 Å². The second-order valence-electron chi connectivity index (χ2n) is 9.14. The topological polar surface area (TPSA) is 104 Å². The van der Waals surface area contributed by atoms with Gasteiger partial charge in [0.1, 0.15) is 36.8 Å². The Morgan fingerprint density at radius 3 is 2.78 bits per heavy atom. The van der Waals surface area contributed by atoms with Crippen LogP contribution in [0.25, 0.3) is 22.2 Å². The zero-order chi connectivity index (χ0) is 24.9. The molecule has 0 atom stereocenters. The molecule has 2 heterocycles. The second kappa shape index (κ2) is 10.8. The average molecular weight is 486 g/mol. The number of carbonyl (C=O) groups is 1. The third-order valence-electron chi connectivity index (χ3n) is 6.66. The Morgan fingerprint density at radius 1 is 1.14 bits per heavy atom. The van der Waals surface area contributed by atoms with Gasteiger partial charge in [-0.05, 0) is 48.9 Å². The fraction of sp³-hybridized carbons (Fsp3) is 0.321. The molecule has 0 bridgehead atoms. The third-order valence-corrected chi connectivity index (χ3v) is 6.66. The predicted octanol–water partition coefficient (Wildman–Crippen LogP) is 4.36. The molecule has 0 spiro atoms. The summed E-state index contributed by atoms with van der Waals surface area (Å²) in [6.07, 6.45) is 5.56. The summed E-state index contributed by atoms with van der Waals surface area (Å²) < 4.78 is 13.4. The lowest BCUT2D eigenvalue weighted by Crippen LogP contribution is -2.38. The van der Waals surface area contributed by atoms with Gasteiger partial charge in [-0.3, -0.25) is 4.79 Å². The molecule has 1 saturated carbocycles. The van der Waals surface area contributed by atoms with Crippen LogP contribution in [0.4, 0.5) is 5.82 Å². The van der Waals surface area contributed by atoms with E-state index >= 15 is 0 Å². The number of nitrogens with one attached hydrogen (secondary N) is 1. The molecule has 1 aliphatic rings. The van der Waals surface area contributed by atoms with E-state index in [2.05, 4.69) is 32.1 Å². The van der Waals surface area contributed by atoms with Crippen LogP contribution in [-0.2, 0) is 16.1 Å². The molecule has 0 aliphatic heterocycles. The van der Waals surface area contributed by atoms with Crippen molar-refractivity contribution < 1.29 is 14.3 Å². The molecule has 1 aliphatic carbocycles. The molecule has 4 aromatic rings. The maximum atomic E-state index is 11.8. The van der Waals surface area contributed by atoms with Crippen LogP contribution in [0, 0.1) is 5.92 Å². The number of carbonyl (C=O) groups excluding carboxylic acids is 1. The van der Waals surface area contributed by atoms with Crippen molar-refractivity contribution in [2.24, 2.45) is 5.92 Å². The predicted molar refractivity (Wildman–Crippen MR) is 139 cm³/mol. The molecule has 8 heteroatoms. The molecule has 186 valence electrons. The molecule has 2 aromatic carbocycles. The fourth-order valence-corrected chi connectivity index (χ4v) is 4.70. The molecule has 3 N–H and O–H groups in total. The first kappa shape index (κ1) is 23.8. The number of benzene rings is 2. The highest BCUT2D eigenvalue weighted by atomic mass is 16.5. The lowest BCUT2D eigenvalue weighted by atomic mass is 9.80. The van der Waals surface area contributed by atoms with E-state index in [0.29, 0.717) is 37.5 Å². The van der Waals surface area contributed by atoms with E-state index in [4.69, 9.17) is 15.2 Å². The Kier molecular flexibility index (Phi) is 7.13. The van der Waals surface area contributed by atoms with Crippen LogP contribution in [0.15, 0.2) is 67.1 Å². The number of hydrogen-bond donors (Lipinski definition) is 2. The molecule has 8 nitrogen and oxygen atoms in total. The van der Waals surface area contributed by atoms with Gasteiger partial charge >= 0.3 is 0 Å². The standard InChI is InChI=1S/C28H31N5O3/c1-2-35-17-25(34)30-14-20-11-22(12-20)33-15-24(26-27(29)31-18-32-28(26)33)21-9-6-10-23(13-21)36-16-19-7-4-3-5-8-19/h3-10,13,15,18,20,22H,2,11-12,14,16-17H2,1H3,(H,30,34)(H2,29,31,32). The van der Waals surface area contributed by atoms with Gasteiger partial charge in [-0.1, -0.05) is 42.5 Å². The lowest BCUT2D eigenvalue weighted by molar-refractivity contribution is -0.125. The maximum absolute atomic E-state index is 11.8. The van der Waals surface area contributed by atoms with Gasteiger partial charge in [-0.15, -0.1) is 0 Å². The van der Waals surface area contributed by atoms with Gasteiger partial charge in [0.15, 0.2) is 0 Å². The Morgan fingerprint density at radius 2 is 1.97 bits per heavy atom. The molecule has 36 heavy (non-hydrogen) atoms. The summed E-state index contributed by atoms with van der Waals surface area (Å²) in [6, 6.07) is 18.4. The summed E-state index contributed by atoms with van der Waals surface area (Å²) in [6.45, 7) is 3.69. The van der Waals surface area contributed by atoms with Crippen molar-refractivity contribution in [2.45, 2.75) is 32.4 Å². The van der Waals surface area contributed by atoms with Gasteiger partial charge in [-0.25, -0.2) is 9.97 Å². The van der Waals surface area contributed by atoms with Gasteiger partial charge in [-0.2, -0.15) is 0 Å². The molecule has 0 unspecified atom stereocenters. The van der Waals surface area contributed by atoms with Gasteiger partial charge in [0.2, 0.25) is 5.91 Å². The minimum Gasteiger partial charge on any atom is -0.489 e. The molecular weight excluding hydrogens is 454 g/mol. The number of ether oxygens (including phenoxy) is 2. The van der Waals surface area contributed by atoms with Crippen molar-refractivity contribution in [2.75, 3.05) is 25.5 Å². The number of hydrogen-bond acceptors (Lipinski definition) is 6. The van der Waals surface area contributed by atoms with Gasteiger partial charge in [0.05, 0.1) is 5.39 Å². The van der Waals surface area contributed by atoms with Crippen molar-refractivity contribution in [1.29, 1.82) is 0 Å². The second-order valence-corrected chi connectivity index (χ2v) is 9.14. The zero-order valence-corrected chi connectivity index (χ0v) is 20.4. The molecule has 1 amide bonds. The largest absolute Gasteiger partial charge is 0.489 e. The smallest absolute Gasteiger partial charge is 0.246 e. The van der Waals surface area contributed by atoms with Crippen LogP contribution in [-0.4, -0.2) is 40.2 Å². The highest BCUT2D eigenvalue weighted by Crippen LogP contribution is 2.42. The van der Waals surface area contributed by atoms with E-state index in [1.807, 2.05) is 55.5 Å². The van der Waals surface area contributed by atoms with Crippen molar-refractivity contribution in [1.82, 2.24) is 19.9 Å². The first-order valence-electron chi connectivity index (χ1n) is 12.3. The minimum absolute atomic E-state index is 0.0659. The van der Waals surface area contributed by atoms with Crippen molar-refractivity contribution >= 4 is 22.8 Å². The molecule has 0 radical (unpaired) electrons. The summed E-state index contributed by atoms with van der Waals surface area (Å²) in [5, 5.41) is 3.82. The summed E-state index contributed by atoms with van der Waals surface area (Å²) in [4.78, 5) is 20.7. The summed E-state index contributed by atoms with van der Waals surface area (Å²) >= 11 is 0. The number of nitrogens with two attached hydrogens (primary N) is 1. The summed E-state index contributed by atoms with van der Waals surface area (Å²) in [7, 11) is 0. The van der Waals surface area contributed by atoms with Gasteiger partial charge in [0, 0.05) is 31.0 Å². The van der Waals surface area contributed by atoms with E-state index in [1.54, 1.807) is 0 Å². The van der Waals surface area contributed by atoms with E-state index < -0.39 is 0 Å². The molecule has 0 saturated heterocycles. The van der Waals surface area contributed by atoms with E-state index in [0.717, 1.165) is 46.3 Å². The van der Waals surface area contributed by atoms with Crippen LogP contribution in [0.2, 0.25) is 0 Å². The number of nitrogens with zero attached hydrogens (tertiary/aromatic N) is 3. The molecule has 5 rings (SSSR count). The van der Waals surface area contributed by atoms with Crippen molar-refractivity contribution in [3.8, 4) is 16.9 Å². The minimum atomic E-state index is -0.0659. The Balaban J connectivity index is 1.33. The number of rotatable bonds is 10. The van der Waals surface area contributed by atoms with Crippen LogP contribution in [0.5, 0.6) is 5.75 Å². The molecule has 1 fully saturated rings. The Bertz CT molecular complexity index is 1330. The van der Waals surface area contributed by atoms with E-state index in [1.165, 1.54) is 6.33 Å². The monoisotopic (exact) mass is 485 g/mol. The third kappa shape index (κ3) is 5.18. The van der Waals surface area contributed by atoms with Gasteiger partial charge < -0.3 is 25.1 Å². The van der Waals surface area contributed by atoms with E-state index in [9.17, 15) is 4.79 Å². The van der Waals surface area contributed by atoms with Crippen LogP contribution in [0.3, 0.4) is 0 Å². The highest BCUT2D eigenvalue weighted by Gasteiger charge is 2.32. The Labute approximate surface area is 210 Å². The quantitative estimate of drug-likeness (QED) is 0.346.